The standard InChI is InChI=1S/C15H27N3/c1-11(2)9-18(10-12(3)4)15-14(8-16)13(5)6-7-17-15/h6-7,11-12H,8-10,16H2,1-5H3. The van der Waals surface area contributed by atoms with Crippen LogP contribution in [0, 0.1) is 18.8 Å². The summed E-state index contributed by atoms with van der Waals surface area (Å²) < 4.78 is 0. The monoisotopic (exact) mass is 249 g/mol. The van der Waals surface area contributed by atoms with E-state index in [0.29, 0.717) is 18.4 Å². The lowest BCUT2D eigenvalue weighted by atomic mass is 10.1. The molecule has 0 saturated heterocycles. The van der Waals surface area contributed by atoms with E-state index in [-0.39, 0.29) is 0 Å². The molecule has 2 N–H and O–H groups in total. The van der Waals surface area contributed by atoms with E-state index >= 15 is 0 Å². The lowest BCUT2D eigenvalue weighted by Gasteiger charge is -2.29. The van der Waals surface area contributed by atoms with Crippen molar-refractivity contribution in [3.8, 4) is 0 Å². The summed E-state index contributed by atoms with van der Waals surface area (Å²) in [6, 6.07) is 2.04. The molecule has 0 fully saturated rings. The summed E-state index contributed by atoms with van der Waals surface area (Å²) in [5.74, 6) is 2.31. The Hall–Kier alpha value is -1.09. The average molecular weight is 249 g/mol. The minimum atomic E-state index is 0.557. The Morgan fingerprint density at radius 1 is 1.17 bits per heavy atom. The molecule has 0 bridgehead atoms. The molecule has 1 rings (SSSR count). The van der Waals surface area contributed by atoms with E-state index in [4.69, 9.17) is 5.73 Å². The largest absolute Gasteiger partial charge is 0.356 e. The Morgan fingerprint density at radius 3 is 2.17 bits per heavy atom. The highest BCUT2D eigenvalue weighted by Gasteiger charge is 2.16. The fourth-order valence-corrected chi connectivity index (χ4v) is 2.23. The number of hydrogen-bond acceptors (Lipinski definition) is 3. The number of nitrogens with zero attached hydrogens (tertiary/aromatic N) is 2. The Morgan fingerprint density at radius 2 is 1.72 bits per heavy atom. The lowest BCUT2D eigenvalue weighted by Crippen LogP contribution is -2.33. The third-order valence-electron chi connectivity index (χ3n) is 2.94. The van der Waals surface area contributed by atoms with Gasteiger partial charge in [-0.15, -0.1) is 0 Å². The van der Waals surface area contributed by atoms with Gasteiger partial charge >= 0.3 is 0 Å². The summed E-state index contributed by atoms with van der Waals surface area (Å²) >= 11 is 0. The third-order valence-corrected chi connectivity index (χ3v) is 2.94. The Balaban J connectivity index is 3.07. The number of aryl methyl sites for hydroxylation is 1. The highest BCUT2D eigenvalue weighted by atomic mass is 15.2. The van der Waals surface area contributed by atoms with Crippen molar-refractivity contribution < 1.29 is 0 Å². The van der Waals surface area contributed by atoms with E-state index in [0.717, 1.165) is 18.9 Å². The molecule has 3 heteroatoms. The summed E-state index contributed by atoms with van der Waals surface area (Å²) in [7, 11) is 0. The molecule has 0 atom stereocenters. The average Bonchev–Trinajstić information content (AvgIpc) is 2.26. The van der Waals surface area contributed by atoms with Crippen molar-refractivity contribution >= 4 is 5.82 Å². The number of rotatable bonds is 6. The van der Waals surface area contributed by atoms with Crippen LogP contribution in [0.3, 0.4) is 0 Å². The van der Waals surface area contributed by atoms with Gasteiger partial charge in [0.1, 0.15) is 5.82 Å². The summed E-state index contributed by atoms with van der Waals surface area (Å²) in [6.45, 7) is 13.7. The van der Waals surface area contributed by atoms with Crippen molar-refractivity contribution in [1.82, 2.24) is 4.98 Å². The van der Waals surface area contributed by atoms with E-state index in [1.54, 1.807) is 0 Å². The number of anilines is 1. The van der Waals surface area contributed by atoms with Crippen molar-refractivity contribution in [2.75, 3.05) is 18.0 Å². The number of pyridine rings is 1. The normalized spacial score (nSPS) is 11.3. The topological polar surface area (TPSA) is 42.2 Å². The zero-order valence-corrected chi connectivity index (χ0v) is 12.4. The van der Waals surface area contributed by atoms with E-state index in [9.17, 15) is 0 Å². The number of nitrogens with two attached hydrogens (primary N) is 1. The first kappa shape index (κ1) is 15.0. The summed E-state index contributed by atoms with van der Waals surface area (Å²) in [4.78, 5) is 6.94. The number of hydrogen-bond donors (Lipinski definition) is 1. The van der Waals surface area contributed by atoms with E-state index < -0.39 is 0 Å². The minimum absolute atomic E-state index is 0.557. The predicted octanol–water partition coefficient (Wildman–Crippen LogP) is 2.97. The second-order valence-electron chi connectivity index (χ2n) is 5.83. The minimum Gasteiger partial charge on any atom is -0.356 e. The fourth-order valence-electron chi connectivity index (χ4n) is 2.23. The maximum atomic E-state index is 5.88. The smallest absolute Gasteiger partial charge is 0.133 e. The zero-order valence-electron chi connectivity index (χ0n) is 12.4. The highest BCUT2D eigenvalue weighted by Crippen LogP contribution is 2.22. The van der Waals surface area contributed by atoms with Crippen LogP contribution in [0.2, 0.25) is 0 Å². The van der Waals surface area contributed by atoms with Crippen molar-refractivity contribution in [3.63, 3.8) is 0 Å². The molecule has 0 aromatic carbocycles. The molecule has 102 valence electrons. The van der Waals surface area contributed by atoms with Crippen LogP contribution >= 0.6 is 0 Å². The maximum absolute atomic E-state index is 5.88. The van der Waals surface area contributed by atoms with Gasteiger partial charge in [-0.25, -0.2) is 4.98 Å². The van der Waals surface area contributed by atoms with Gasteiger partial charge < -0.3 is 10.6 Å². The lowest BCUT2D eigenvalue weighted by molar-refractivity contribution is 0.547. The van der Waals surface area contributed by atoms with Crippen LogP contribution in [-0.2, 0) is 6.54 Å². The van der Waals surface area contributed by atoms with Crippen LogP contribution in [0.5, 0.6) is 0 Å². The van der Waals surface area contributed by atoms with Crippen LogP contribution in [0.4, 0.5) is 5.82 Å². The summed E-state index contributed by atoms with van der Waals surface area (Å²) in [6.07, 6.45) is 1.89. The van der Waals surface area contributed by atoms with Crippen molar-refractivity contribution in [2.24, 2.45) is 17.6 Å². The molecular weight excluding hydrogens is 222 g/mol. The van der Waals surface area contributed by atoms with Crippen LogP contribution in [-0.4, -0.2) is 18.1 Å². The van der Waals surface area contributed by atoms with E-state index in [1.165, 1.54) is 11.1 Å². The van der Waals surface area contributed by atoms with Gasteiger partial charge in [-0.3, -0.25) is 0 Å². The van der Waals surface area contributed by atoms with Crippen LogP contribution in [0.15, 0.2) is 12.3 Å². The second kappa shape index (κ2) is 6.74. The van der Waals surface area contributed by atoms with Crippen LogP contribution in [0.1, 0.15) is 38.8 Å². The van der Waals surface area contributed by atoms with Gasteiger partial charge in [-0.05, 0) is 30.4 Å². The van der Waals surface area contributed by atoms with Crippen LogP contribution in [0.25, 0.3) is 0 Å². The molecule has 0 aliphatic rings. The van der Waals surface area contributed by atoms with Gasteiger partial charge in [0.05, 0.1) is 0 Å². The molecule has 0 radical (unpaired) electrons. The molecule has 0 amide bonds. The first-order valence-corrected chi connectivity index (χ1v) is 6.85. The summed E-state index contributed by atoms with van der Waals surface area (Å²) in [5.41, 5.74) is 8.30. The van der Waals surface area contributed by atoms with Gasteiger partial charge in [0.15, 0.2) is 0 Å². The van der Waals surface area contributed by atoms with Crippen molar-refractivity contribution in [2.45, 2.75) is 41.2 Å². The van der Waals surface area contributed by atoms with Gasteiger partial charge in [0.25, 0.3) is 0 Å². The molecule has 0 unspecified atom stereocenters. The van der Waals surface area contributed by atoms with Gasteiger partial charge in [0.2, 0.25) is 0 Å². The quantitative estimate of drug-likeness (QED) is 0.843. The molecule has 0 aliphatic carbocycles. The molecule has 1 heterocycles. The first-order chi connectivity index (χ1) is 8.45. The molecule has 0 saturated carbocycles. The number of aromatic nitrogens is 1. The first-order valence-electron chi connectivity index (χ1n) is 6.85. The molecular formula is C15H27N3. The molecule has 1 aromatic heterocycles. The molecule has 18 heavy (non-hydrogen) atoms. The highest BCUT2D eigenvalue weighted by molar-refractivity contribution is 5.50. The SMILES string of the molecule is Cc1ccnc(N(CC(C)C)CC(C)C)c1CN. The third kappa shape index (κ3) is 3.98. The van der Waals surface area contributed by atoms with E-state index in [2.05, 4.69) is 44.5 Å². The second-order valence-corrected chi connectivity index (χ2v) is 5.83. The Kier molecular flexibility index (Phi) is 5.60. The van der Waals surface area contributed by atoms with Crippen molar-refractivity contribution in [1.29, 1.82) is 0 Å². The van der Waals surface area contributed by atoms with Crippen molar-refractivity contribution in [3.05, 3.63) is 23.4 Å². The van der Waals surface area contributed by atoms with Gasteiger partial charge in [-0.1, -0.05) is 27.7 Å². The molecule has 3 nitrogen and oxygen atoms in total. The summed E-state index contributed by atoms with van der Waals surface area (Å²) in [5, 5.41) is 0. The molecule has 0 aliphatic heterocycles. The Bertz CT molecular complexity index is 362. The zero-order chi connectivity index (χ0) is 13.7. The Labute approximate surface area is 111 Å². The maximum Gasteiger partial charge on any atom is 0.133 e. The molecule has 1 aromatic rings. The van der Waals surface area contributed by atoms with Gasteiger partial charge in [-0.2, -0.15) is 0 Å². The van der Waals surface area contributed by atoms with Crippen LogP contribution < -0.4 is 10.6 Å². The van der Waals surface area contributed by atoms with E-state index in [1.807, 2.05) is 12.3 Å². The molecule has 0 spiro atoms. The fraction of sp³-hybridized carbons (Fsp3) is 0.667. The van der Waals surface area contributed by atoms with Gasteiger partial charge in [0, 0.05) is 31.4 Å². The predicted molar refractivity (Wildman–Crippen MR) is 78.8 cm³/mol.